The molecule has 2 fully saturated rings. The Morgan fingerprint density at radius 2 is 2.03 bits per heavy atom. The van der Waals surface area contributed by atoms with Gasteiger partial charge in [0.2, 0.25) is 0 Å². The minimum Gasteiger partial charge on any atom is -0.394 e. The van der Waals surface area contributed by atoms with E-state index in [1.165, 1.54) is 0 Å². The van der Waals surface area contributed by atoms with Gasteiger partial charge in [0.05, 0.1) is 37.8 Å². The number of nitrogens with zero attached hydrogens (tertiary/aromatic N) is 4. The third-order valence-corrected chi connectivity index (χ3v) is 4.91. The second-order valence-electron chi connectivity index (χ2n) is 7.23. The number of morpholine rings is 1. The molecular weight excluding hydrogens is 389 g/mol. The molecular formula is C18H21F3N6O2. The first-order valence-corrected chi connectivity index (χ1v) is 9.26. The number of aliphatic hydroxyl groups is 1. The van der Waals surface area contributed by atoms with Crippen LogP contribution in [-0.2, 0) is 10.9 Å². The van der Waals surface area contributed by atoms with Crippen LogP contribution in [0, 0.1) is 0 Å². The predicted octanol–water partition coefficient (Wildman–Crippen LogP) is 2.40. The largest absolute Gasteiger partial charge is 0.434 e. The summed E-state index contributed by atoms with van der Waals surface area (Å²) in [4.78, 5) is 13.9. The molecule has 0 radical (unpaired) electrons. The highest BCUT2D eigenvalue weighted by Gasteiger charge is 2.39. The number of anilines is 4. The van der Waals surface area contributed by atoms with Crippen molar-refractivity contribution in [2.24, 2.45) is 0 Å². The highest BCUT2D eigenvalue weighted by molar-refractivity contribution is 5.65. The van der Waals surface area contributed by atoms with Crippen molar-refractivity contribution in [3.8, 4) is 0 Å². The van der Waals surface area contributed by atoms with Crippen molar-refractivity contribution in [3.05, 3.63) is 30.2 Å². The summed E-state index contributed by atoms with van der Waals surface area (Å²) in [5.74, 6) is 1.10. The molecule has 29 heavy (non-hydrogen) atoms. The van der Waals surface area contributed by atoms with E-state index in [9.17, 15) is 18.3 Å². The Hall–Kier alpha value is -2.66. The first-order chi connectivity index (χ1) is 13.8. The SMILES string of the molecule is C[C@@H](CO)Nc1cc(N2CC3CC2CO3)cc(Nc2cnc(C(F)(F)F)cn2)n1. The second-order valence-corrected chi connectivity index (χ2v) is 7.23. The maximum absolute atomic E-state index is 12.7. The number of halogens is 3. The maximum atomic E-state index is 12.7. The lowest BCUT2D eigenvalue weighted by Gasteiger charge is -2.29. The lowest BCUT2D eigenvalue weighted by Crippen LogP contribution is -2.37. The van der Waals surface area contributed by atoms with Crippen LogP contribution >= 0.6 is 0 Å². The molecule has 11 heteroatoms. The quantitative estimate of drug-likeness (QED) is 0.668. The lowest BCUT2D eigenvalue weighted by molar-refractivity contribution is -0.141. The summed E-state index contributed by atoms with van der Waals surface area (Å²) >= 11 is 0. The molecule has 0 saturated carbocycles. The molecule has 8 nitrogen and oxygen atoms in total. The molecule has 156 valence electrons. The Balaban J connectivity index is 1.59. The number of pyridine rings is 1. The molecule has 0 aromatic carbocycles. The fourth-order valence-electron chi connectivity index (χ4n) is 3.50. The van der Waals surface area contributed by atoms with Gasteiger partial charge in [-0.05, 0) is 13.3 Å². The van der Waals surface area contributed by atoms with E-state index in [0.29, 0.717) is 24.4 Å². The van der Waals surface area contributed by atoms with Crippen LogP contribution in [0.3, 0.4) is 0 Å². The molecule has 2 aliphatic rings. The number of hydrogen-bond acceptors (Lipinski definition) is 8. The molecule has 0 amide bonds. The van der Waals surface area contributed by atoms with E-state index in [0.717, 1.165) is 24.8 Å². The van der Waals surface area contributed by atoms with Crippen molar-refractivity contribution >= 4 is 23.1 Å². The van der Waals surface area contributed by atoms with Gasteiger partial charge in [-0.25, -0.2) is 15.0 Å². The van der Waals surface area contributed by atoms with E-state index in [1.54, 1.807) is 0 Å². The van der Waals surface area contributed by atoms with Gasteiger partial charge in [0.1, 0.15) is 17.5 Å². The summed E-state index contributed by atoms with van der Waals surface area (Å²) in [7, 11) is 0. The Bertz CT molecular complexity index is 864. The van der Waals surface area contributed by atoms with E-state index >= 15 is 0 Å². The van der Waals surface area contributed by atoms with Gasteiger partial charge in [-0.1, -0.05) is 0 Å². The molecule has 2 saturated heterocycles. The number of hydrogen-bond donors (Lipinski definition) is 3. The molecule has 4 rings (SSSR count). The zero-order valence-electron chi connectivity index (χ0n) is 15.6. The summed E-state index contributed by atoms with van der Waals surface area (Å²) in [6.07, 6.45) is -1.68. The minimum atomic E-state index is -4.54. The van der Waals surface area contributed by atoms with Crippen LogP contribution in [0.4, 0.5) is 36.3 Å². The van der Waals surface area contributed by atoms with Crippen LogP contribution in [0.5, 0.6) is 0 Å². The molecule has 0 spiro atoms. The van der Waals surface area contributed by atoms with Gasteiger partial charge < -0.3 is 25.4 Å². The van der Waals surface area contributed by atoms with E-state index in [4.69, 9.17) is 4.74 Å². The van der Waals surface area contributed by atoms with Crippen molar-refractivity contribution in [2.45, 2.75) is 37.7 Å². The molecule has 3 atom stereocenters. The first kappa shape index (κ1) is 19.6. The Morgan fingerprint density at radius 3 is 2.62 bits per heavy atom. The van der Waals surface area contributed by atoms with E-state index < -0.39 is 11.9 Å². The van der Waals surface area contributed by atoms with Crippen LogP contribution in [0.15, 0.2) is 24.5 Å². The number of aromatic nitrogens is 3. The van der Waals surface area contributed by atoms with E-state index in [2.05, 4.69) is 30.5 Å². The monoisotopic (exact) mass is 410 g/mol. The number of rotatable bonds is 6. The van der Waals surface area contributed by atoms with E-state index in [1.807, 2.05) is 19.1 Å². The zero-order chi connectivity index (χ0) is 20.6. The summed E-state index contributed by atoms with van der Waals surface area (Å²) in [6.45, 7) is 3.18. The minimum absolute atomic E-state index is 0.0682. The predicted molar refractivity (Wildman–Crippen MR) is 100 cm³/mol. The third kappa shape index (κ3) is 4.35. The number of aliphatic hydroxyl groups excluding tert-OH is 1. The number of fused-ring (bicyclic) bond motifs is 2. The first-order valence-electron chi connectivity index (χ1n) is 9.26. The third-order valence-electron chi connectivity index (χ3n) is 4.91. The molecule has 3 N–H and O–H groups in total. The molecule has 2 aromatic rings. The zero-order valence-corrected chi connectivity index (χ0v) is 15.6. The number of alkyl halides is 3. The lowest BCUT2D eigenvalue weighted by atomic mass is 10.2. The van der Waals surface area contributed by atoms with Crippen molar-refractivity contribution in [1.82, 2.24) is 15.0 Å². The maximum Gasteiger partial charge on any atom is 0.434 e. The van der Waals surface area contributed by atoms with Crippen LogP contribution in [0.1, 0.15) is 19.0 Å². The number of nitrogens with one attached hydrogen (secondary N) is 2. The molecule has 0 aliphatic carbocycles. The van der Waals surface area contributed by atoms with Crippen LogP contribution in [0.25, 0.3) is 0 Å². The van der Waals surface area contributed by atoms with E-state index in [-0.39, 0.29) is 30.6 Å². The average molecular weight is 410 g/mol. The fraction of sp³-hybridized carbons (Fsp3) is 0.500. The van der Waals surface area contributed by atoms with Gasteiger partial charge >= 0.3 is 6.18 Å². The number of ether oxygens (including phenoxy) is 1. The van der Waals surface area contributed by atoms with Crippen molar-refractivity contribution < 1.29 is 23.0 Å². The van der Waals surface area contributed by atoms with Gasteiger partial charge in [0.15, 0.2) is 5.69 Å². The summed E-state index contributed by atoms with van der Waals surface area (Å²) < 4.78 is 43.7. The van der Waals surface area contributed by atoms with Crippen LogP contribution in [0.2, 0.25) is 0 Å². The normalized spacial score (nSPS) is 22.0. The second kappa shape index (κ2) is 7.64. The Kier molecular flexibility index (Phi) is 5.17. The standard InChI is InChI=1S/C18H21F3N6O2/c1-10(8-28)24-15-3-11(27-7-13-2-12(27)9-29-13)4-16(25-15)26-17-6-22-14(5-23-17)18(19,20)21/h3-6,10,12-13,28H,2,7-9H2,1H3,(H2,23,24,25,26)/t10-,12?,13?/m0/s1. The molecule has 2 aliphatic heterocycles. The highest BCUT2D eigenvalue weighted by atomic mass is 19.4. The Labute approximate surface area is 165 Å². The summed E-state index contributed by atoms with van der Waals surface area (Å²) in [6, 6.07) is 3.77. The average Bonchev–Trinajstić information content (AvgIpc) is 3.31. The van der Waals surface area contributed by atoms with Gasteiger partial charge in [-0.3, -0.25) is 0 Å². The fourth-order valence-corrected chi connectivity index (χ4v) is 3.50. The van der Waals surface area contributed by atoms with Gasteiger partial charge in [-0.2, -0.15) is 13.2 Å². The smallest absolute Gasteiger partial charge is 0.394 e. The Morgan fingerprint density at radius 1 is 1.24 bits per heavy atom. The summed E-state index contributed by atoms with van der Waals surface area (Å²) in [5.41, 5.74) is -0.150. The highest BCUT2D eigenvalue weighted by Crippen LogP contribution is 2.35. The van der Waals surface area contributed by atoms with Crippen LogP contribution < -0.4 is 15.5 Å². The van der Waals surface area contributed by atoms with Crippen molar-refractivity contribution in [1.29, 1.82) is 0 Å². The van der Waals surface area contributed by atoms with Gasteiger partial charge in [0, 0.05) is 30.4 Å². The molecule has 2 bridgehead atoms. The van der Waals surface area contributed by atoms with Crippen molar-refractivity contribution in [2.75, 3.05) is 35.3 Å². The van der Waals surface area contributed by atoms with Crippen molar-refractivity contribution in [3.63, 3.8) is 0 Å². The molecule has 2 aromatic heterocycles. The van der Waals surface area contributed by atoms with Gasteiger partial charge in [0.25, 0.3) is 0 Å². The topological polar surface area (TPSA) is 95.4 Å². The van der Waals surface area contributed by atoms with Gasteiger partial charge in [-0.15, -0.1) is 0 Å². The van der Waals surface area contributed by atoms with Crippen LogP contribution in [-0.4, -0.2) is 58.0 Å². The molecule has 2 unspecified atom stereocenters. The summed E-state index contributed by atoms with van der Waals surface area (Å²) in [5, 5.41) is 15.3. The molecule has 4 heterocycles.